The summed E-state index contributed by atoms with van der Waals surface area (Å²) >= 11 is 3.46. The zero-order valence-corrected chi connectivity index (χ0v) is 20.0. The van der Waals surface area contributed by atoms with Gasteiger partial charge in [-0.1, -0.05) is 47.1 Å². The first-order chi connectivity index (χ1) is 14.2. The number of nitrogens with zero attached hydrogens (tertiary/aromatic N) is 1. The van der Waals surface area contributed by atoms with Crippen molar-refractivity contribution in [1.29, 1.82) is 0 Å². The van der Waals surface area contributed by atoms with Crippen molar-refractivity contribution in [3.63, 3.8) is 0 Å². The number of carbonyl (C=O) groups excluding carboxylic acids is 2. The second-order valence-corrected chi connectivity index (χ2v) is 8.50. The SMILES string of the molecule is CC[C@@H](C)NC(=O)[C@@H](C)N(Cc1ccccc1C)C(=O)COc1ccc(Br)c(C)c1. The number of carbonyl (C=O) groups is 2. The van der Waals surface area contributed by atoms with Gasteiger partial charge in [-0.05, 0) is 69.0 Å². The van der Waals surface area contributed by atoms with E-state index < -0.39 is 6.04 Å². The van der Waals surface area contributed by atoms with Gasteiger partial charge in [0.05, 0.1) is 0 Å². The molecule has 2 aromatic carbocycles. The second-order valence-electron chi connectivity index (χ2n) is 7.64. The van der Waals surface area contributed by atoms with Crippen molar-refractivity contribution in [3.05, 3.63) is 63.6 Å². The van der Waals surface area contributed by atoms with Crippen LogP contribution in [-0.4, -0.2) is 35.4 Å². The quantitative estimate of drug-likeness (QED) is 0.568. The molecule has 30 heavy (non-hydrogen) atoms. The predicted molar refractivity (Wildman–Crippen MR) is 123 cm³/mol. The molecule has 1 N–H and O–H groups in total. The summed E-state index contributed by atoms with van der Waals surface area (Å²) in [6.07, 6.45) is 0.830. The van der Waals surface area contributed by atoms with E-state index in [-0.39, 0.29) is 24.5 Å². The number of hydrogen-bond donors (Lipinski definition) is 1. The first kappa shape index (κ1) is 23.9. The van der Waals surface area contributed by atoms with Gasteiger partial charge < -0.3 is 15.0 Å². The average molecular weight is 475 g/mol. The largest absolute Gasteiger partial charge is 0.484 e. The summed E-state index contributed by atoms with van der Waals surface area (Å²) in [4.78, 5) is 27.4. The number of benzene rings is 2. The molecular formula is C24H31BrN2O3. The summed E-state index contributed by atoms with van der Waals surface area (Å²) in [5.41, 5.74) is 3.11. The van der Waals surface area contributed by atoms with Crippen molar-refractivity contribution in [2.24, 2.45) is 0 Å². The monoisotopic (exact) mass is 474 g/mol. The molecular weight excluding hydrogens is 444 g/mol. The van der Waals surface area contributed by atoms with E-state index in [0.29, 0.717) is 12.3 Å². The van der Waals surface area contributed by atoms with Crippen molar-refractivity contribution in [3.8, 4) is 5.75 Å². The maximum atomic E-state index is 13.1. The highest BCUT2D eigenvalue weighted by molar-refractivity contribution is 9.10. The van der Waals surface area contributed by atoms with Crippen LogP contribution in [0.3, 0.4) is 0 Å². The summed E-state index contributed by atoms with van der Waals surface area (Å²) in [6.45, 7) is 9.92. The van der Waals surface area contributed by atoms with E-state index in [9.17, 15) is 9.59 Å². The predicted octanol–water partition coefficient (Wildman–Crippen LogP) is 4.78. The molecule has 162 valence electrons. The molecule has 0 aliphatic carbocycles. The molecule has 0 fully saturated rings. The van der Waals surface area contributed by atoms with Crippen molar-refractivity contribution in [2.75, 3.05) is 6.61 Å². The fourth-order valence-corrected chi connectivity index (χ4v) is 3.20. The molecule has 0 aliphatic heterocycles. The standard InChI is InChI=1S/C24H31BrN2O3/c1-6-18(4)26-24(29)19(5)27(14-20-10-8-7-9-16(20)2)23(28)15-30-21-11-12-22(25)17(3)13-21/h7-13,18-19H,6,14-15H2,1-5H3,(H,26,29)/t18-,19-/m1/s1. The Morgan fingerprint density at radius 3 is 2.43 bits per heavy atom. The molecule has 0 saturated heterocycles. The van der Waals surface area contributed by atoms with E-state index in [1.54, 1.807) is 11.8 Å². The topological polar surface area (TPSA) is 58.6 Å². The number of amides is 2. The van der Waals surface area contributed by atoms with E-state index in [1.165, 1.54) is 0 Å². The highest BCUT2D eigenvalue weighted by Gasteiger charge is 2.27. The fraction of sp³-hybridized carbons (Fsp3) is 0.417. The number of aryl methyl sites for hydroxylation is 2. The Balaban J connectivity index is 2.18. The number of ether oxygens (including phenoxy) is 1. The third kappa shape index (κ3) is 6.59. The number of nitrogens with one attached hydrogen (secondary N) is 1. The van der Waals surface area contributed by atoms with Crippen LogP contribution < -0.4 is 10.1 Å². The minimum Gasteiger partial charge on any atom is -0.484 e. The lowest BCUT2D eigenvalue weighted by atomic mass is 10.1. The van der Waals surface area contributed by atoms with Gasteiger partial charge in [0.15, 0.2) is 6.61 Å². The Kier molecular flexibility index (Phi) is 8.90. The summed E-state index contributed by atoms with van der Waals surface area (Å²) in [7, 11) is 0. The van der Waals surface area contributed by atoms with Crippen LogP contribution in [0.4, 0.5) is 0 Å². The molecule has 2 rings (SSSR count). The fourth-order valence-electron chi connectivity index (χ4n) is 2.95. The van der Waals surface area contributed by atoms with Crippen LogP contribution in [0, 0.1) is 13.8 Å². The van der Waals surface area contributed by atoms with Gasteiger partial charge in [0.1, 0.15) is 11.8 Å². The Morgan fingerprint density at radius 1 is 1.10 bits per heavy atom. The summed E-state index contributed by atoms with van der Waals surface area (Å²) in [5.74, 6) is 0.230. The Hall–Kier alpha value is -2.34. The van der Waals surface area contributed by atoms with E-state index in [2.05, 4.69) is 21.2 Å². The molecule has 0 heterocycles. The van der Waals surface area contributed by atoms with Crippen LogP contribution in [0.2, 0.25) is 0 Å². The normalized spacial score (nSPS) is 12.7. The Morgan fingerprint density at radius 2 is 1.80 bits per heavy atom. The maximum absolute atomic E-state index is 13.1. The molecule has 2 amide bonds. The third-order valence-electron chi connectivity index (χ3n) is 5.26. The molecule has 2 aromatic rings. The first-order valence-corrected chi connectivity index (χ1v) is 11.1. The number of rotatable bonds is 9. The average Bonchev–Trinajstić information content (AvgIpc) is 2.73. The molecule has 0 spiro atoms. The summed E-state index contributed by atoms with van der Waals surface area (Å²) in [6, 6.07) is 12.9. The Bertz CT molecular complexity index is 885. The van der Waals surface area contributed by atoms with Gasteiger partial charge in [0, 0.05) is 17.1 Å². The second kappa shape index (κ2) is 11.2. The molecule has 0 aliphatic rings. The number of halogens is 1. The first-order valence-electron chi connectivity index (χ1n) is 10.3. The van der Waals surface area contributed by atoms with Gasteiger partial charge in [-0.15, -0.1) is 0 Å². The van der Waals surface area contributed by atoms with Crippen molar-refractivity contribution < 1.29 is 14.3 Å². The smallest absolute Gasteiger partial charge is 0.261 e. The van der Waals surface area contributed by atoms with E-state index in [0.717, 1.165) is 27.6 Å². The van der Waals surface area contributed by atoms with Gasteiger partial charge in [-0.2, -0.15) is 0 Å². The van der Waals surface area contributed by atoms with Crippen molar-refractivity contribution in [2.45, 2.75) is 59.7 Å². The zero-order chi connectivity index (χ0) is 22.3. The van der Waals surface area contributed by atoms with Gasteiger partial charge in [-0.3, -0.25) is 9.59 Å². The zero-order valence-electron chi connectivity index (χ0n) is 18.4. The molecule has 0 saturated carbocycles. The van der Waals surface area contributed by atoms with Crippen LogP contribution >= 0.6 is 15.9 Å². The molecule has 5 nitrogen and oxygen atoms in total. The van der Waals surface area contributed by atoms with Gasteiger partial charge in [-0.25, -0.2) is 0 Å². The van der Waals surface area contributed by atoms with Crippen molar-refractivity contribution in [1.82, 2.24) is 10.2 Å². The van der Waals surface area contributed by atoms with Crippen LogP contribution in [0.25, 0.3) is 0 Å². The lowest BCUT2D eigenvalue weighted by Gasteiger charge is -2.30. The molecule has 6 heteroatoms. The highest BCUT2D eigenvalue weighted by atomic mass is 79.9. The lowest BCUT2D eigenvalue weighted by Crippen LogP contribution is -2.50. The molecule has 0 aromatic heterocycles. The Labute approximate surface area is 187 Å². The minimum absolute atomic E-state index is 0.0531. The molecule has 2 atom stereocenters. The van der Waals surface area contributed by atoms with Crippen LogP contribution in [0.15, 0.2) is 46.9 Å². The van der Waals surface area contributed by atoms with E-state index >= 15 is 0 Å². The number of hydrogen-bond acceptors (Lipinski definition) is 3. The molecule has 0 radical (unpaired) electrons. The summed E-state index contributed by atoms with van der Waals surface area (Å²) in [5, 5.41) is 2.97. The van der Waals surface area contributed by atoms with E-state index in [4.69, 9.17) is 4.74 Å². The molecule has 0 bridgehead atoms. The molecule has 0 unspecified atom stereocenters. The minimum atomic E-state index is -0.610. The third-order valence-corrected chi connectivity index (χ3v) is 6.15. The van der Waals surface area contributed by atoms with E-state index in [1.807, 2.05) is 70.2 Å². The summed E-state index contributed by atoms with van der Waals surface area (Å²) < 4.78 is 6.72. The lowest BCUT2D eigenvalue weighted by molar-refractivity contribution is -0.142. The van der Waals surface area contributed by atoms with Gasteiger partial charge in [0.25, 0.3) is 5.91 Å². The maximum Gasteiger partial charge on any atom is 0.261 e. The van der Waals surface area contributed by atoms with Crippen molar-refractivity contribution >= 4 is 27.7 Å². The van der Waals surface area contributed by atoms with Gasteiger partial charge in [0.2, 0.25) is 5.91 Å². The highest BCUT2D eigenvalue weighted by Crippen LogP contribution is 2.22. The van der Waals surface area contributed by atoms with Crippen LogP contribution in [0.5, 0.6) is 5.75 Å². The van der Waals surface area contributed by atoms with Gasteiger partial charge >= 0.3 is 0 Å². The van der Waals surface area contributed by atoms with Crippen LogP contribution in [0.1, 0.15) is 43.9 Å². The van der Waals surface area contributed by atoms with Crippen LogP contribution in [-0.2, 0) is 16.1 Å².